The number of carbonyl (C=O) groups is 1. The van der Waals surface area contributed by atoms with E-state index < -0.39 is 5.82 Å². The van der Waals surface area contributed by atoms with E-state index in [1.165, 1.54) is 17.0 Å². The maximum absolute atomic E-state index is 15.0. The van der Waals surface area contributed by atoms with Gasteiger partial charge in [-0.05, 0) is 74.4 Å². The van der Waals surface area contributed by atoms with E-state index >= 15 is 0 Å². The molecule has 0 aliphatic carbocycles. The monoisotopic (exact) mass is 584 g/mol. The van der Waals surface area contributed by atoms with Gasteiger partial charge in [-0.15, -0.1) is 0 Å². The molecule has 0 radical (unpaired) electrons. The van der Waals surface area contributed by atoms with Crippen molar-refractivity contribution < 1.29 is 14.3 Å². The SMILES string of the molecule is CN(C)/C=C\N(C=O)c1ccc(-c2cc(F)cc(-c3cc(Cl)cc(N4CCN(C(C)(C)C)CC4)c3)c2O)cc1Cl. The Morgan fingerprint density at radius 2 is 1.55 bits per heavy atom. The molecule has 0 spiro atoms. The number of aromatic hydroxyl groups is 1. The molecular formula is C31H35Cl2FN4O2. The summed E-state index contributed by atoms with van der Waals surface area (Å²) in [6.07, 6.45) is 3.96. The van der Waals surface area contributed by atoms with Crippen LogP contribution in [0.5, 0.6) is 5.75 Å². The second kappa shape index (κ2) is 12.1. The Kier molecular flexibility index (Phi) is 8.98. The molecule has 1 saturated heterocycles. The molecule has 1 aliphatic rings. The summed E-state index contributed by atoms with van der Waals surface area (Å²) in [5.41, 5.74) is 3.22. The number of benzene rings is 3. The number of rotatable bonds is 7. The van der Waals surface area contributed by atoms with E-state index in [0.717, 1.165) is 31.9 Å². The van der Waals surface area contributed by atoms with Gasteiger partial charge in [-0.1, -0.05) is 29.3 Å². The fourth-order valence-corrected chi connectivity index (χ4v) is 5.36. The van der Waals surface area contributed by atoms with E-state index in [1.54, 1.807) is 41.6 Å². The van der Waals surface area contributed by atoms with Crippen LogP contribution in [0.2, 0.25) is 10.0 Å². The minimum atomic E-state index is -0.508. The van der Waals surface area contributed by atoms with E-state index in [4.69, 9.17) is 23.2 Å². The molecule has 9 heteroatoms. The Morgan fingerprint density at radius 1 is 0.900 bits per heavy atom. The van der Waals surface area contributed by atoms with Gasteiger partial charge < -0.3 is 14.9 Å². The lowest BCUT2D eigenvalue weighted by Gasteiger charge is -2.43. The van der Waals surface area contributed by atoms with Gasteiger partial charge in [0.25, 0.3) is 0 Å². The summed E-state index contributed by atoms with van der Waals surface area (Å²) in [4.78, 5) is 19.5. The number of hydrogen-bond acceptors (Lipinski definition) is 5. The molecule has 6 nitrogen and oxygen atoms in total. The minimum absolute atomic E-state index is 0.0873. The highest BCUT2D eigenvalue weighted by Gasteiger charge is 2.26. The first kappa shape index (κ1) is 29.7. The van der Waals surface area contributed by atoms with Gasteiger partial charge in [-0.2, -0.15) is 0 Å². The van der Waals surface area contributed by atoms with Crippen LogP contribution >= 0.6 is 23.2 Å². The summed E-state index contributed by atoms with van der Waals surface area (Å²) in [6, 6.07) is 13.1. The van der Waals surface area contributed by atoms with Gasteiger partial charge in [0, 0.05) is 80.1 Å². The lowest BCUT2D eigenvalue weighted by molar-refractivity contribution is -0.106. The Bertz CT molecular complexity index is 1410. The summed E-state index contributed by atoms with van der Waals surface area (Å²) in [7, 11) is 3.68. The van der Waals surface area contributed by atoms with Crippen LogP contribution in [0.1, 0.15) is 20.8 Å². The van der Waals surface area contributed by atoms with E-state index in [2.05, 4.69) is 30.6 Å². The number of carbonyl (C=O) groups excluding carboxylic acids is 1. The molecule has 0 bridgehead atoms. The van der Waals surface area contributed by atoms with Crippen LogP contribution in [0.25, 0.3) is 22.3 Å². The van der Waals surface area contributed by atoms with Crippen LogP contribution in [-0.4, -0.2) is 67.1 Å². The van der Waals surface area contributed by atoms with Gasteiger partial charge in [0.05, 0.1) is 10.7 Å². The number of nitrogens with zero attached hydrogens (tertiary/aromatic N) is 4. The highest BCUT2D eigenvalue weighted by molar-refractivity contribution is 6.34. The summed E-state index contributed by atoms with van der Waals surface area (Å²) in [6.45, 7) is 10.2. The van der Waals surface area contributed by atoms with Crippen LogP contribution in [0.3, 0.4) is 0 Å². The predicted octanol–water partition coefficient (Wildman–Crippen LogP) is 7.09. The van der Waals surface area contributed by atoms with Gasteiger partial charge in [0.15, 0.2) is 0 Å². The molecule has 0 aromatic heterocycles. The molecule has 1 amide bonds. The summed E-state index contributed by atoms with van der Waals surface area (Å²) >= 11 is 13.1. The first-order valence-electron chi connectivity index (χ1n) is 13.1. The topological polar surface area (TPSA) is 50.3 Å². The molecule has 0 atom stereocenters. The minimum Gasteiger partial charge on any atom is -0.507 e. The van der Waals surface area contributed by atoms with Crippen molar-refractivity contribution in [2.75, 3.05) is 50.1 Å². The second-order valence-electron chi connectivity index (χ2n) is 11.1. The number of amides is 1. The molecule has 0 saturated carbocycles. The molecule has 1 N–H and O–H groups in total. The van der Waals surface area contributed by atoms with Crippen molar-refractivity contribution in [2.45, 2.75) is 26.3 Å². The van der Waals surface area contributed by atoms with Crippen LogP contribution in [0.4, 0.5) is 15.8 Å². The van der Waals surface area contributed by atoms with Crippen LogP contribution in [-0.2, 0) is 4.79 Å². The molecular weight excluding hydrogens is 550 g/mol. The average molecular weight is 586 g/mol. The maximum atomic E-state index is 15.0. The number of phenolic OH excluding ortho intramolecular Hbond substituents is 1. The van der Waals surface area contributed by atoms with Crippen molar-refractivity contribution in [3.8, 4) is 28.0 Å². The number of hydrogen-bond donors (Lipinski definition) is 1. The zero-order chi connectivity index (χ0) is 29.2. The number of phenols is 1. The summed E-state index contributed by atoms with van der Waals surface area (Å²) in [5.74, 6) is -0.595. The van der Waals surface area contributed by atoms with Crippen molar-refractivity contribution in [3.05, 3.63) is 76.8 Å². The van der Waals surface area contributed by atoms with E-state index in [9.17, 15) is 14.3 Å². The third kappa shape index (κ3) is 6.72. The normalized spacial score (nSPS) is 14.6. The Labute approximate surface area is 245 Å². The Hall–Kier alpha value is -3.26. The number of anilines is 2. The lowest BCUT2D eigenvalue weighted by atomic mass is 9.96. The molecule has 4 rings (SSSR count). The fraction of sp³-hybridized carbons (Fsp3) is 0.323. The van der Waals surface area contributed by atoms with Gasteiger partial charge >= 0.3 is 0 Å². The van der Waals surface area contributed by atoms with E-state index in [0.29, 0.717) is 33.8 Å². The van der Waals surface area contributed by atoms with Crippen molar-refractivity contribution >= 4 is 41.0 Å². The number of piperazine rings is 1. The smallest absolute Gasteiger partial charge is 0.218 e. The fourth-order valence-electron chi connectivity index (χ4n) is 4.85. The first-order valence-corrected chi connectivity index (χ1v) is 13.8. The lowest BCUT2D eigenvalue weighted by Crippen LogP contribution is -2.53. The van der Waals surface area contributed by atoms with Crippen molar-refractivity contribution in [3.63, 3.8) is 0 Å². The van der Waals surface area contributed by atoms with Crippen molar-refractivity contribution in [1.29, 1.82) is 0 Å². The van der Waals surface area contributed by atoms with Crippen molar-refractivity contribution in [1.82, 2.24) is 9.80 Å². The third-order valence-corrected chi connectivity index (χ3v) is 7.56. The molecule has 1 aliphatic heterocycles. The zero-order valence-electron chi connectivity index (χ0n) is 23.5. The van der Waals surface area contributed by atoms with Gasteiger partial charge in [-0.25, -0.2) is 4.39 Å². The molecule has 3 aromatic rings. The van der Waals surface area contributed by atoms with Gasteiger partial charge in [0.2, 0.25) is 6.41 Å². The Morgan fingerprint density at radius 3 is 2.12 bits per heavy atom. The van der Waals surface area contributed by atoms with E-state index in [-0.39, 0.29) is 21.9 Å². The summed E-state index contributed by atoms with van der Waals surface area (Å²) in [5, 5.41) is 12.1. The molecule has 3 aromatic carbocycles. The number of halogens is 3. The highest BCUT2D eigenvalue weighted by atomic mass is 35.5. The van der Waals surface area contributed by atoms with Gasteiger partial charge in [0.1, 0.15) is 11.6 Å². The van der Waals surface area contributed by atoms with Gasteiger partial charge in [-0.3, -0.25) is 14.6 Å². The Balaban J connectivity index is 1.68. The van der Waals surface area contributed by atoms with E-state index in [1.807, 2.05) is 26.2 Å². The predicted molar refractivity (Wildman–Crippen MR) is 164 cm³/mol. The largest absolute Gasteiger partial charge is 0.507 e. The zero-order valence-corrected chi connectivity index (χ0v) is 25.0. The van der Waals surface area contributed by atoms with Crippen LogP contribution < -0.4 is 9.80 Å². The summed E-state index contributed by atoms with van der Waals surface area (Å²) < 4.78 is 15.0. The first-order chi connectivity index (χ1) is 18.9. The maximum Gasteiger partial charge on any atom is 0.218 e. The quantitative estimate of drug-likeness (QED) is 0.300. The standard InChI is InChI=1S/C31H35Cl2FN4O2/c1-31(2,3)38-12-10-36(11-13-38)25-15-22(14-23(32)17-25)27-19-24(34)18-26(30(27)40)21-6-7-29(28(33)16-21)37(20-39)9-8-35(4)5/h6-9,14-20,40H,10-13H2,1-5H3/b9-8-. The molecule has 0 unspecified atom stereocenters. The van der Waals surface area contributed by atoms with Crippen LogP contribution in [0.15, 0.2) is 60.9 Å². The second-order valence-corrected chi connectivity index (χ2v) is 12.0. The highest BCUT2D eigenvalue weighted by Crippen LogP contribution is 2.42. The van der Waals surface area contributed by atoms with Crippen molar-refractivity contribution in [2.24, 2.45) is 0 Å². The molecule has 40 heavy (non-hydrogen) atoms. The molecule has 1 heterocycles. The van der Waals surface area contributed by atoms with Crippen LogP contribution in [0, 0.1) is 5.82 Å². The average Bonchev–Trinajstić information content (AvgIpc) is 2.90. The molecule has 1 fully saturated rings. The third-order valence-electron chi connectivity index (χ3n) is 7.04. The molecule has 212 valence electrons.